The van der Waals surface area contributed by atoms with Crippen molar-refractivity contribution >= 4 is 5.91 Å². The second-order valence-electron chi connectivity index (χ2n) is 5.16. The van der Waals surface area contributed by atoms with Crippen molar-refractivity contribution in [3.05, 3.63) is 0 Å². The number of amides is 1. The van der Waals surface area contributed by atoms with E-state index >= 15 is 0 Å². The molecule has 4 nitrogen and oxygen atoms in total. The zero-order valence-corrected chi connectivity index (χ0v) is 10.9. The number of hydrogen-bond acceptors (Lipinski definition) is 3. The van der Waals surface area contributed by atoms with E-state index in [0.29, 0.717) is 12.1 Å². The predicted octanol–water partition coefficient (Wildman–Crippen LogP) is 0.665. The van der Waals surface area contributed by atoms with Crippen LogP contribution in [-0.4, -0.2) is 55.0 Å². The summed E-state index contributed by atoms with van der Waals surface area (Å²) in [6, 6.07) is 0.682. The molecular formula is C12H25N3O. The second-order valence-corrected chi connectivity index (χ2v) is 5.16. The van der Waals surface area contributed by atoms with Gasteiger partial charge in [0.05, 0.1) is 6.04 Å². The lowest BCUT2D eigenvalue weighted by atomic mass is 9.89. The molecule has 0 saturated heterocycles. The van der Waals surface area contributed by atoms with Crippen molar-refractivity contribution in [1.82, 2.24) is 9.80 Å². The highest BCUT2D eigenvalue weighted by Gasteiger charge is 2.28. The number of carbonyl (C=O) groups excluding carboxylic acids is 1. The van der Waals surface area contributed by atoms with Crippen LogP contribution in [0.15, 0.2) is 0 Å². The van der Waals surface area contributed by atoms with Gasteiger partial charge in [-0.2, -0.15) is 0 Å². The average Bonchev–Trinajstić information content (AvgIpc) is 2.27. The molecule has 1 amide bonds. The van der Waals surface area contributed by atoms with E-state index in [4.69, 9.17) is 5.73 Å². The van der Waals surface area contributed by atoms with Crippen molar-refractivity contribution in [3.63, 3.8) is 0 Å². The third-order valence-corrected chi connectivity index (χ3v) is 3.68. The summed E-state index contributed by atoms with van der Waals surface area (Å²) < 4.78 is 0. The smallest absolute Gasteiger partial charge is 0.239 e. The lowest BCUT2D eigenvalue weighted by Gasteiger charge is -2.37. The molecule has 1 unspecified atom stereocenters. The molecule has 94 valence electrons. The van der Waals surface area contributed by atoms with Crippen LogP contribution in [0.4, 0.5) is 0 Å². The maximum Gasteiger partial charge on any atom is 0.239 e. The minimum Gasteiger partial charge on any atom is -0.341 e. The molecule has 1 aliphatic rings. The Morgan fingerprint density at radius 3 is 1.94 bits per heavy atom. The SMILES string of the molecule is CC(N)C(=O)N(C)C1CCC(N(C)C)CC1. The second kappa shape index (κ2) is 5.64. The number of rotatable bonds is 3. The zero-order chi connectivity index (χ0) is 12.3. The lowest BCUT2D eigenvalue weighted by Crippen LogP contribution is -2.47. The highest BCUT2D eigenvalue weighted by Crippen LogP contribution is 2.24. The van der Waals surface area contributed by atoms with Crippen molar-refractivity contribution in [2.45, 2.75) is 50.7 Å². The highest BCUT2D eigenvalue weighted by molar-refractivity contribution is 5.81. The molecule has 4 heteroatoms. The van der Waals surface area contributed by atoms with Crippen molar-refractivity contribution in [2.24, 2.45) is 5.73 Å². The van der Waals surface area contributed by atoms with Gasteiger partial charge in [-0.15, -0.1) is 0 Å². The van der Waals surface area contributed by atoms with Gasteiger partial charge in [0.2, 0.25) is 5.91 Å². The molecule has 0 spiro atoms. The van der Waals surface area contributed by atoms with Gasteiger partial charge in [-0.3, -0.25) is 4.79 Å². The topological polar surface area (TPSA) is 49.6 Å². The summed E-state index contributed by atoms with van der Waals surface area (Å²) in [5, 5.41) is 0. The Hall–Kier alpha value is -0.610. The van der Waals surface area contributed by atoms with Gasteiger partial charge >= 0.3 is 0 Å². The summed E-state index contributed by atoms with van der Waals surface area (Å²) in [7, 11) is 6.13. The number of nitrogens with zero attached hydrogens (tertiary/aromatic N) is 2. The maximum absolute atomic E-state index is 11.7. The largest absolute Gasteiger partial charge is 0.341 e. The first kappa shape index (κ1) is 13.5. The van der Waals surface area contributed by atoms with Crippen molar-refractivity contribution in [1.29, 1.82) is 0 Å². The first-order valence-corrected chi connectivity index (χ1v) is 6.12. The Labute approximate surface area is 98.8 Å². The molecule has 0 aromatic carbocycles. The van der Waals surface area contributed by atoms with E-state index < -0.39 is 0 Å². The van der Waals surface area contributed by atoms with E-state index in [1.54, 1.807) is 6.92 Å². The molecule has 16 heavy (non-hydrogen) atoms. The number of likely N-dealkylation sites (N-methyl/N-ethyl adjacent to an activating group) is 1. The third kappa shape index (κ3) is 3.19. The van der Waals surface area contributed by atoms with Gasteiger partial charge in [0.15, 0.2) is 0 Å². The Morgan fingerprint density at radius 2 is 1.56 bits per heavy atom. The summed E-state index contributed by atoms with van der Waals surface area (Å²) in [6.45, 7) is 1.75. The predicted molar refractivity (Wildman–Crippen MR) is 66.2 cm³/mol. The van der Waals surface area contributed by atoms with Gasteiger partial charge in [-0.1, -0.05) is 0 Å². The molecule has 1 rings (SSSR count). The Kier molecular flexibility index (Phi) is 4.74. The molecule has 1 aliphatic carbocycles. The molecule has 1 fully saturated rings. The molecule has 0 aromatic rings. The first-order chi connectivity index (χ1) is 7.43. The van der Waals surface area contributed by atoms with Gasteiger partial charge < -0.3 is 15.5 Å². The van der Waals surface area contributed by atoms with E-state index in [2.05, 4.69) is 19.0 Å². The van der Waals surface area contributed by atoms with Gasteiger partial charge in [0.1, 0.15) is 0 Å². The highest BCUT2D eigenvalue weighted by atomic mass is 16.2. The average molecular weight is 227 g/mol. The van der Waals surface area contributed by atoms with Crippen LogP contribution in [0.3, 0.4) is 0 Å². The van der Waals surface area contributed by atoms with Crippen LogP contribution in [0, 0.1) is 0 Å². The fourth-order valence-corrected chi connectivity index (χ4v) is 2.46. The van der Waals surface area contributed by atoms with Gasteiger partial charge in [-0.05, 0) is 46.7 Å². The summed E-state index contributed by atoms with van der Waals surface area (Å²) in [5.41, 5.74) is 5.62. The Bertz CT molecular complexity index is 232. The normalized spacial score (nSPS) is 27.9. The van der Waals surface area contributed by atoms with Crippen LogP contribution in [0.5, 0.6) is 0 Å². The molecule has 1 atom stereocenters. The summed E-state index contributed by atoms with van der Waals surface area (Å²) in [5.74, 6) is 0.0632. The van der Waals surface area contributed by atoms with Gasteiger partial charge in [-0.25, -0.2) is 0 Å². The number of hydrogen-bond donors (Lipinski definition) is 1. The number of nitrogens with two attached hydrogens (primary N) is 1. The maximum atomic E-state index is 11.7. The number of carbonyl (C=O) groups is 1. The minimum atomic E-state index is -0.378. The lowest BCUT2D eigenvalue weighted by molar-refractivity contribution is -0.133. The fourth-order valence-electron chi connectivity index (χ4n) is 2.46. The summed E-state index contributed by atoms with van der Waals surface area (Å²) in [4.78, 5) is 15.9. The van der Waals surface area contributed by atoms with Crippen LogP contribution in [-0.2, 0) is 4.79 Å². The van der Waals surface area contributed by atoms with Crippen molar-refractivity contribution in [3.8, 4) is 0 Å². The van der Waals surface area contributed by atoms with Crippen LogP contribution in [0.2, 0.25) is 0 Å². The molecule has 0 heterocycles. The van der Waals surface area contributed by atoms with E-state index in [-0.39, 0.29) is 11.9 Å². The monoisotopic (exact) mass is 227 g/mol. The molecule has 1 saturated carbocycles. The molecular weight excluding hydrogens is 202 g/mol. The summed E-state index contributed by atoms with van der Waals surface area (Å²) >= 11 is 0. The molecule has 0 aromatic heterocycles. The first-order valence-electron chi connectivity index (χ1n) is 6.12. The van der Waals surface area contributed by atoms with Gasteiger partial charge in [0.25, 0.3) is 0 Å². The van der Waals surface area contributed by atoms with Crippen molar-refractivity contribution < 1.29 is 4.79 Å². The Morgan fingerprint density at radius 1 is 1.12 bits per heavy atom. The fraction of sp³-hybridized carbons (Fsp3) is 0.917. The quantitative estimate of drug-likeness (QED) is 0.771. The van der Waals surface area contributed by atoms with E-state index in [9.17, 15) is 4.79 Å². The van der Waals surface area contributed by atoms with Gasteiger partial charge in [0, 0.05) is 19.1 Å². The molecule has 0 radical (unpaired) electrons. The minimum absolute atomic E-state index is 0.0632. The van der Waals surface area contributed by atoms with Crippen LogP contribution in [0.1, 0.15) is 32.6 Å². The van der Waals surface area contributed by atoms with Crippen LogP contribution < -0.4 is 5.73 Å². The standard InChI is InChI=1S/C12H25N3O/c1-9(13)12(16)15(4)11-7-5-10(6-8-11)14(2)3/h9-11H,5-8,13H2,1-4H3. The molecule has 0 bridgehead atoms. The van der Waals surface area contributed by atoms with Crippen LogP contribution >= 0.6 is 0 Å². The van der Waals surface area contributed by atoms with Crippen LogP contribution in [0.25, 0.3) is 0 Å². The van der Waals surface area contributed by atoms with E-state index in [1.807, 2.05) is 11.9 Å². The molecule has 2 N–H and O–H groups in total. The van der Waals surface area contributed by atoms with E-state index in [1.165, 1.54) is 12.8 Å². The summed E-state index contributed by atoms with van der Waals surface area (Å²) in [6.07, 6.45) is 4.54. The molecule has 0 aliphatic heterocycles. The van der Waals surface area contributed by atoms with Crippen molar-refractivity contribution in [2.75, 3.05) is 21.1 Å². The van der Waals surface area contributed by atoms with E-state index in [0.717, 1.165) is 12.8 Å². The zero-order valence-electron chi connectivity index (χ0n) is 10.9. The Balaban J connectivity index is 2.44. The third-order valence-electron chi connectivity index (χ3n) is 3.68.